The first-order chi connectivity index (χ1) is 7.69. The molecule has 0 aliphatic heterocycles. The molecule has 0 aliphatic rings. The van der Waals surface area contributed by atoms with Gasteiger partial charge in [0.2, 0.25) is 0 Å². The van der Waals surface area contributed by atoms with Crippen molar-refractivity contribution in [1.82, 2.24) is 0 Å². The first-order valence-electron chi connectivity index (χ1n) is 4.72. The third kappa shape index (κ3) is 3.36. The number of hydrogen-bond donors (Lipinski definition) is 0. The predicted octanol–water partition coefficient (Wildman–Crippen LogP) is 2.71. The Bertz CT molecular complexity index is 370. The zero-order chi connectivity index (χ0) is 12.0. The Hall–Kier alpha value is -1.33. The molecule has 16 heavy (non-hydrogen) atoms. The Balaban J connectivity index is 2.80. The number of nitro benzene ring substituents is 1. The lowest BCUT2D eigenvalue weighted by atomic mass is 10.2. The van der Waals surface area contributed by atoms with E-state index in [2.05, 4.69) is 0 Å². The number of alkyl halides is 1. The third-order valence-corrected chi connectivity index (χ3v) is 2.19. The van der Waals surface area contributed by atoms with Crippen LogP contribution in [0.4, 0.5) is 5.69 Å². The van der Waals surface area contributed by atoms with E-state index in [0.717, 1.165) is 0 Å². The molecular formula is C10H12ClNO4. The van der Waals surface area contributed by atoms with Gasteiger partial charge in [0.25, 0.3) is 5.69 Å². The highest BCUT2D eigenvalue weighted by Crippen LogP contribution is 2.25. The largest absolute Gasteiger partial charge is 0.467 e. The molecule has 0 unspecified atom stereocenters. The molecule has 6 heteroatoms. The molecule has 5 nitrogen and oxygen atoms in total. The van der Waals surface area contributed by atoms with Gasteiger partial charge in [-0.25, -0.2) is 0 Å². The van der Waals surface area contributed by atoms with Crippen LogP contribution in [0.15, 0.2) is 18.2 Å². The average Bonchev–Trinajstić information content (AvgIpc) is 2.29. The minimum absolute atomic E-state index is 0.000546. The van der Waals surface area contributed by atoms with Crippen molar-refractivity contribution in [3.8, 4) is 5.75 Å². The summed E-state index contributed by atoms with van der Waals surface area (Å²) in [6.45, 7) is 2.50. The molecule has 0 spiro atoms. The Morgan fingerprint density at radius 3 is 2.81 bits per heavy atom. The second-order valence-corrected chi connectivity index (χ2v) is 3.21. The number of nitrogens with zero attached hydrogens (tertiary/aromatic N) is 1. The van der Waals surface area contributed by atoms with Crippen LogP contribution < -0.4 is 4.74 Å². The molecule has 1 aromatic carbocycles. The van der Waals surface area contributed by atoms with E-state index >= 15 is 0 Å². The number of non-ortho nitro benzene ring substituents is 1. The minimum Gasteiger partial charge on any atom is -0.467 e. The maximum Gasteiger partial charge on any atom is 0.270 e. The van der Waals surface area contributed by atoms with Gasteiger partial charge in [0.05, 0.1) is 10.8 Å². The minimum atomic E-state index is -0.470. The van der Waals surface area contributed by atoms with Crippen LogP contribution >= 0.6 is 11.6 Å². The van der Waals surface area contributed by atoms with Gasteiger partial charge in [-0.3, -0.25) is 10.1 Å². The van der Waals surface area contributed by atoms with E-state index < -0.39 is 4.92 Å². The Morgan fingerprint density at radius 1 is 1.50 bits per heavy atom. The number of nitro groups is 1. The van der Waals surface area contributed by atoms with E-state index in [1.165, 1.54) is 18.2 Å². The molecule has 1 rings (SSSR count). The summed E-state index contributed by atoms with van der Waals surface area (Å²) in [5, 5.41) is 10.5. The molecule has 0 saturated heterocycles. The van der Waals surface area contributed by atoms with Crippen LogP contribution in [0, 0.1) is 10.1 Å². The Kier molecular flexibility index (Phi) is 5.01. The first kappa shape index (κ1) is 12.7. The summed E-state index contributed by atoms with van der Waals surface area (Å²) < 4.78 is 10.3. The van der Waals surface area contributed by atoms with Crippen molar-refractivity contribution in [2.45, 2.75) is 12.8 Å². The van der Waals surface area contributed by atoms with Crippen molar-refractivity contribution in [3.05, 3.63) is 33.9 Å². The highest BCUT2D eigenvalue weighted by Gasteiger charge is 2.10. The van der Waals surface area contributed by atoms with Crippen LogP contribution in [0.5, 0.6) is 5.75 Å². The molecule has 0 fully saturated rings. The zero-order valence-electron chi connectivity index (χ0n) is 8.81. The van der Waals surface area contributed by atoms with Crippen molar-refractivity contribution in [1.29, 1.82) is 0 Å². The smallest absolute Gasteiger partial charge is 0.270 e. The second kappa shape index (κ2) is 6.30. The summed E-state index contributed by atoms with van der Waals surface area (Å²) in [6, 6.07) is 4.29. The molecule has 88 valence electrons. The summed E-state index contributed by atoms with van der Waals surface area (Å²) in [4.78, 5) is 10.1. The standard InChI is InChI=1S/C10H12ClNO4/c1-2-15-7-16-10-4-3-9(12(13)14)5-8(10)6-11/h3-5H,2,6-7H2,1H3. The summed E-state index contributed by atoms with van der Waals surface area (Å²) in [5.41, 5.74) is 0.579. The molecule has 0 aromatic heterocycles. The first-order valence-corrected chi connectivity index (χ1v) is 5.26. The molecule has 0 bridgehead atoms. The van der Waals surface area contributed by atoms with E-state index in [1.807, 2.05) is 6.92 Å². The van der Waals surface area contributed by atoms with E-state index in [0.29, 0.717) is 17.9 Å². The summed E-state index contributed by atoms with van der Waals surface area (Å²) in [7, 11) is 0. The van der Waals surface area contributed by atoms with Gasteiger partial charge < -0.3 is 9.47 Å². The Labute approximate surface area is 98.1 Å². The van der Waals surface area contributed by atoms with Crippen molar-refractivity contribution in [3.63, 3.8) is 0 Å². The normalized spacial score (nSPS) is 10.1. The molecule has 0 amide bonds. The van der Waals surface area contributed by atoms with Gasteiger partial charge in [0.15, 0.2) is 6.79 Å². The van der Waals surface area contributed by atoms with E-state index in [-0.39, 0.29) is 18.4 Å². The quantitative estimate of drug-likeness (QED) is 0.254. The summed E-state index contributed by atoms with van der Waals surface area (Å²) in [6.07, 6.45) is 0. The monoisotopic (exact) mass is 245 g/mol. The highest BCUT2D eigenvalue weighted by molar-refractivity contribution is 6.17. The van der Waals surface area contributed by atoms with Crippen LogP contribution in [0.3, 0.4) is 0 Å². The fourth-order valence-electron chi connectivity index (χ4n) is 1.11. The number of hydrogen-bond acceptors (Lipinski definition) is 4. The van der Waals surface area contributed by atoms with Gasteiger partial charge >= 0.3 is 0 Å². The fraction of sp³-hybridized carbons (Fsp3) is 0.400. The van der Waals surface area contributed by atoms with Crippen LogP contribution in [0.2, 0.25) is 0 Å². The lowest BCUT2D eigenvalue weighted by Gasteiger charge is -2.09. The van der Waals surface area contributed by atoms with Crippen molar-refractivity contribution in [2.75, 3.05) is 13.4 Å². The van der Waals surface area contributed by atoms with Gasteiger partial charge in [-0.05, 0) is 13.0 Å². The maximum absolute atomic E-state index is 10.5. The maximum atomic E-state index is 10.5. The van der Waals surface area contributed by atoms with Crippen LogP contribution in [0.25, 0.3) is 0 Å². The lowest BCUT2D eigenvalue weighted by Crippen LogP contribution is -2.04. The van der Waals surface area contributed by atoms with Gasteiger partial charge in [-0.1, -0.05) is 0 Å². The molecule has 0 atom stereocenters. The molecule has 0 saturated carbocycles. The molecule has 0 aliphatic carbocycles. The van der Waals surface area contributed by atoms with Crippen molar-refractivity contribution >= 4 is 17.3 Å². The fourth-order valence-corrected chi connectivity index (χ4v) is 1.32. The van der Waals surface area contributed by atoms with E-state index in [9.17, 15) is 10.1 Å². The topological polar surface area (TPSA) is 61.6 Å². The number of benzene rings is 1. The summed E-state index contributed by atoms with van der Waals surface area (Å²) in [5.74, 6) is 0.664. The molecule has 0 radical (unpaired) electrons. The predicted molar refractivity (Wildman–Crippen MR) is 59.8 cm³/mol. The van der Waals surface area contributed by atoms with Crippen molar-refractivity contribution in [2.24, 2.45) is 0 Å². The second-order valence-electron chi connectivity index (χ2n) is 2.94. The molecule has 0 N–H and O–H groups in total. The number of halogens is 1. The summed E-state index contributed by atoms with van der Waals surface area (Å²) >= 11 is 5.68. The van der Waals surface area contributed by atoms with E-state index in [1.54, 1.807) is 0 Å². The van der Waals surface area contributed by atoms with Gasteiger partial charge in [-0.15, -0.1) is 11.6 Å². The highest BCUT2D eigenvalue weighted by atomic mass is 35.5. The van der Waals surface area contributed by atoms with Crippen LogP contribution in [0.1, 0.15) is 12.5 Å². The van der Waals surface area contributed by atoms with Gasteiger partial charge in [0.1, 0.15) is 5.75 Å². The van der Waals surface area contributed by atoms with E-state index in [4.69, 9.17) is 21.1 Å². The van der Waals surface area contributed by atoms with Crippen molar-refractivity contribution < 1.29 is 14.4 Å². The lowest BCUT2D eigenvalue weighted by molar-refractivity contribution is -0.384. The van der Waals surface area contributed by atoms with Crippen LogP contribution in [-0.4, -0.2) is 18.3 Å². The molecule has 1 aromatic rings. The van der Waals surface area contributed by atoms with Gasteiger partial charge in [0, 0.05) is 24.3 Å². The molecule has 0 heterocycles. The van der Waals surface area contributed by atoms with Gasteiger partial charge in [-0.2, -0.15) is 0 Å². The SMILES string of the molecule is CCOCOc1ccc([N+](=O)[O-])cc1CCl. The average molecular weight is 246 g/mol. The molecular weight excluding hydrogens is 234 g/mol. The van der Waals surface area contributed by atoms with Crippen LogP contribution in [-0.2, 0) is 10.6 Å². The third-order valence-electron chi connectivity index (χ3n) is 1.90. The number of rotatable bonds is 6. The number of ether oxygens (including phenoxy) is 2. The zero-order valence-corrected chi connectivity index (χ0v) is 9.57. The Morgan fingerprint density at radius 2 is 2.25 bits per heavy atom.